The number of rotatable bonds is 4. The molecule has 0 aliphatic carbocycles. The molecular formula is C12H15F3N4O2. The number of halogens is 3. The third-order valence-corrected chi connectivity index (χ3v) is 3.22. The molecule has 9 heteroatoms. The number of nitrogens with one attached hydrogen (secondary N) is 2. The van der Waals surface area contributed by atoms with Crippen molar-refractivity contribution < 1.29 is 22.8 Å². The van der Waals surface area contributed by atoms with Crippen LogP contribution in [0.3, 0.4) is 0 Å². The van der Waals surface area contributed by atoms with Crippen molar-refractivity contribution in [1.29, 1.82) is 0 Å². The summed E-state index contributed by atoms with van der Waals surface area (Å²) in [5.74, 6) is -1.65. The minimum absolute atomic E-state index is 0.215. The molecule has 116 valence electrons. The first-order valence-corrected chi connectivity index (χ1v) is 6.48. The number of nitrogens with zero attached hydrogens (tertiary/aromatic N) is 2. The Kier molecular flexibility index (Phi) is 4.19. The standard InChI is InChI=1S/C12H15F3N4O2/c1-2-8-4-9(18-17-8)16-11(21)7-3-10(20)19(5-7)6-12(13,14)15/h4,7H,2-3,5-6H2,1H3,(H2,16,17,18,21). The second-order valence-corrected chi connectivity index (χ2v) is 4.91. The van der Waals surface area contributed by atoms with Crippen LogP contribution in [0.15, 0.2) is 6.07 Å². The molecule has 0 saturated carbocycles. The number of aromatic amines is 1. The monoisotopic (exact) mass is 304 g/mol. The van der Waals surface area contributed by atoms with Crippen LogP contribution in [0, 0.1) is 5.92 Å². The van der Waals surface area contributed by atoms with E-state index < -0.39 is 30.5 Å². The number of hydrogen-bond donors (Lipinski definition) is 2. The maximum atomic E-state index is 12.3. The minimum atomic E-state index is -4.46. The topological polar surface area (TPSA) is 78.1 Å². The van der Waals surface area contributed by atoms with Crippen molar-refractivity contribution in [3.63, 3.8) is 0 Å². The van der Waals surface area contributed by atoms with Crippen molar-refractivity contribution in [2.75, 3.05) is 18.4 Å². The van der Waals surface area contributed by atoms with Crippen molar-refractivity contribution >= 4 is 17.6 Å². The third kappa shape index (κ3) is 3.96. The van der Waals surface area contributed by atoms with E-state index >= 15 is 0 Å². The number of carbonyl (C=O) groups excluding carboxylic acids is 2. The van der Waals surface area contributed by atoms with Crippen LogP contribution in [0.1, 0.15) is 19.0 Å². The summed E-state index contributed by atoms with van der Waals surface area (Å²) in [6.45, 7) is 0.358. The molecule has 2 rings (SSSR count). The number of alkyl halides is 3. The van der Waals surface area contributed by atoms with Gasteiger partial charge in [-0.05, 0) is 6.42 Å². The van der Waals surface area contributed by atoms with Gasteiger partial charge in [0.05, 0.1) is 5.92 Å². The fourth-order valence-corrected chi connectivity index (χ4v) is 2.15. The van der Waals surface area contributed by atoms with Crippen LogP contribution in [0.4, 0.5) is 19.0 Å². The van der Waals surface area contributed by atoms with Crippen molar-refractivity contribution in [1.82, 2.24) is 15.1 Å². The molecule has 1 aliphatic rings. The normalized spacial score (nSPS) is 19.1. The van der Waals surface area contributed by atoms with Crippen molar-refractivity contribution in [2.45, 2.75) is 25.9 Å². The van der Waals surface area contributed by atoms with Crippen LogP contribution in [-0.2, 0) is 16.0 Å². The van der Waals surface area contributed by atoms with Crippen molar-refractivity contribution in [3.05, 3.63) is 11.8 Å². The third-order valence-electron chi connectivity index (χ3n) is 3.22. The summed E-state index contributed by atoms with van der Waals surface area (Å²) in [5.41, 5.74) is 0.825. The fraction of sp³-hybridized carbons (Fsp3) is 0.583. The highest BCUT2D eigenvalue weighted by molar-refractivity contribution is 5.96. The molecule has 1 unspecified atom stereocenters. The zero-order valence-electron chi connectivity index (χ0n) is 11.3. The first kappa shape index (κ1) is 15.3. The van der Waals surface area contributed by atoms with E-state index in [9.17, 15) is 22.8 Å². The molecule has 0 bridgehead atoms. The van der Waals surface area contributed by atoms with Crippen molar-refractivity contribution in [3.8, 4) is 0 Å². The SMILES string of the molecule is CCc1cc(NC(=O)C2CC(=O)N(CC(F)(F)F)C2)n[nH]1. The maximum Gasteiger partial charge on any atom is 0.406 e. The molecule has 1 saturated heterocycles. The molecule has 1 aromatic heterocycles. The molecule has 1 fully saturated rings. The Morgan fingerprint density at radius 1 is 1.57 bits per heavy atom. The molecule has 1 aromatic rings. The average molecular weight is 304 g/mol. The van der Waals surface area contributed by atoms with E-state index in [0.29, 0.717) is 17.1 Å². The number of likely N-dealkylation sites (tertiary alicyclic amines) is 1. The van der Waals surface area contributed by atoms with E-state index in [2.05, 4.69) is 15.5 Å². The van der Waals surface area contributed by atoms with Crippen LogP contribution in [0.25, 0.3) is 0 Å². The molecule has 21 heavy (non-hydrogen) atoms. The van der Waals surface area contributed by atoms with Crippen molar-refractivity contribution in [2.24, 2.45) is 5.92 Å². The van der Waals surface area contributed by atoms with Gasteiger partial charge in [-0.25, -0.2) is 0 Å². The van der Waals surface area contributed by atoms with Gasteiger partial charge in [-0.1, -0.05) is 6.92 Å². The lowest BCUT2D eigenvalue weighted by Gasteiger charge is -2.18. The molecule has 1 atom stereocenters. The molecular weight excluding hydrogens is 289 g/mol. The van der Waals surface area contributed by atoms with E-state index in [1.807, 2.05) is 6.92 Å². The van der Waals surface area contributed by atoms with Crippen LogP contribution < -0.4 is 5.32 Å². The van der Waals surface area contributed by atoms with Gasteiger partial charge in [0.15, 0.2) is 5.82 Å². The van der Waals surface area contributed by atoms with E-state index in [1.54, 1.807) is 6.07 Å². The Hall–Kier alpha value is -2.06. The molecule has 1 aliphatic heterocycles. The molecule has 2 heterocycles. The summed E-state index contributed by atoms with van der Waals surface area (Å²) >= 11 is 0. The Morgan fingerprint density at radius 3 is 2.86 bits per heavy atom. The highest BCUT2D eigenvalue weighted by Crippen LogP contribution is 2.24. The summed E-state index contributed by atoms with van der Waals surface area (Å²) in [5, 5.41) is 9.07. The van der Waals surface area contributed by atoms with E-state index in [0.717, 1.165) is 5.69 Å². The number of carbonyl (C=O) groups is 2. The molecule has 0 spiro atoms. The summed E-state index contributed by atoms with van der Waals surface area (Å²) in [6, 6.07) is 1.64. The average Bonchev–Trinajstić information content (AvgIpc) is 2.95. The zero-order valence-corrected chi connectivity index (χ0v) is 11.3. The number of anilines is 1. The summed E-state index contributed by atoms with van der Waals surface area (Å²) in [7, 11) is 0. The second-order valence-electron chi connectivity index (χ2n) is 4.91. The first-order chi connectivity index (χ1) is 9.78. The summed E-state index contributed by atoms with van der Waals surface area (Å²) in [6.07, 6.45) is -3.96. The van der Waals surface area contributed by atoms with Gasteiger partial charge in [0.25, 0.3) is 0 Å². The highest BCUT2D eigenvalue weighted by Gasteiger charge is 2.40. The second kappa shape index (κ2) is 5.74. The van der Waals surface area contributed by atoms with Gasteiger partial charge in [0.1, 0.15) is 6.54 Å². The lowest BCUT2D eigenvalue weighted by atomic mass is 10.1. The predicted octanol–water partition coefficient (Wildman–Crippen LogP) is 1.32. The quantitative estimate of drug-likeness (QED) is 0.880. The van der Waals surface area contributed by atoms with Gasteiger partial charge in [0.2, 0.25) is 11.8 Å². The Labute approximate surface area is 118 Å². The van der Waals surface area contributed by atoms with Crippen LogP contribution in [-0.4, -0.2) is 46.2 Å². The number of hydrogen-bond acceptors (Lipinski definition) is 3. The number of amides is 2. The number of aromatic nitrogens is 2. The smallest absolute Gasteiger partial charge is 0.333 e. The van der Waals surface area contributed by atoms with Gasteiger partial charge < -0.3 is 10.2 Å². The minimum Gasteiger partial charge on any atom is -0.333 e. The van der Waals surface area contributed by atoms with Gasteiger partial charge in [-0.3, -0.25) is 14.7 Å². The lowest BCUT2D eigenvalue weighted by Crippen LogP contribution is -2.36. The van der Waals surface area contributed by atoms with E-state index in [1.165, 1.54) is 0 Å². The first-order valence-electron chi connectivity index (χ1n) is 6.48. The molecule has 2 amide bonds. The summed E-state index contributed by atoms with van der Waals surface area (Å²) < 4.78 is 36.9. The number of aryl methyl sites for hydroxylation is 1. The lowest BCUT2D eigenvalue weighted by molar-refractivity contribution is -0.157. The van der Waals surface area contributed by atoms with Crippen LogP contribution in [0.2, 0.25) is 0 Å². The Morgan fingerprint density at radius 2 is 2.29 bits per heavy atom. The largest absolute Gasteiger partial charge is 0.406 e. The molecule has 0 aromatic carbocycles. The maximum absolute atomic E-state index is 12.3. The van der Waals surface area contributed by atoms with Gasteiger partial charge in [-0.15, -0.1) is 0 Å². The number of H-pyrrole nitrogens is 1. The predicted molar refractivity (Wildman–Crippen MR) is 67.3 cm³/mol. The van der Waals surface area contributed by atoms with E-state index in [-0.39, 0.29) is 13.0 Å². The van der Waals surface area contributed by atoms with Gasteiger partial charge in [-0.2, -0.15) is 18.3 Å². The zero-order chi connectivity index (χ0) is 15.6. The summed E-state index contributed by atoms with van der Waals surface area (Å²) in [4.78, 5) is 24.1. The Balaban J connectivity index is 1.93. The fourth-order valence-electron chi connectivity index (χ4n) is 2.15. The molecule has 2 N–H and O–H groups in total. The molecule has 0 radical (unpaired) electrons. The van der Waals surface area contributed by atoms with Crippen LogP contribution >= 0.6 is 0 Å². The van der Waals surface area contributed by atoms with Gasteiger partial charge >= 0.3 is 6.18 Å². The van der Waals surface area contributed by atoms with Crippen LogP contribution in [0.5, 0.6) is 0 Å². The highest BCUT2D eigenvalue weighted by atomic mass is 19.4. The molecule has 6 nitrogen and oxygen atoms in total. The van der Waals surface area contributed by atoms with Gasteiger partial charge in [0, 0.05) is 24.7 Å². The van der Waals surface area contributed by atoms with E-state index in [4.69, 9.17) is 0 Å². The Bertz CT molecular complexity index is 541.